The highest BCUT2D eigenvalue weighted by atomic mass is 15.3. The number of nitrogens with two attached hydrogens (primary N) is 1. The van der Waals surface area contributed by atoms with Gasteiger partial charge in [0.2, 0.25) is 0 Å². The molecule has 1 aromatic heterocycles. The van der Waals surface area contributed by atoms with E-state index in [0.29, 0.717) is 6.04 Å². The Bertz CT molecular complexity index is 337. The predicted octanol–water partition coefficient (Wildman–Crippen LogP) is 1.56. The van der Waals surface area contributed by atoms with Crippen molar-refractivity contribution in [1.82, 2.24) is 9.97 Å². The van der Waals surface area contributed by atoms with E-state index >= 15 is 0 Å². The molecule has 0 aromatic carbocycles. The average Bonchev–Trinajstić information content (AvgIpc) is 2.28. The molecule has 0 bridgehead atoms. The van der Waals surface area contributed by atoms with E-state index < -0.39 is 0 Å². The summed E-state index contributed by atoms with van der Waals surface area (Å²) in [6, 6.07) is 0.399. The van der Waals surface area contributed by atoms with Gasteiger partial charge in [-0.05, 0) is 20.3 Å². The lowest BCUT2D eigenvalue weighted by Gasteiger charge is -2.25. The van der Waals surface area contributed by atoms with Crippen molar-refractivity contribution in [3.05, 3.63) is 11.9 Å². The van der Waals surface area contributed by atoms with E-state index in [1.54, 1.807) is 6.33 Å². The molecule has 0 aliphatic carbocycles. The SMILES string of the molecule is CCCc1c(NN)ncnc1N(C)C(C)C. The predicted molar refractivity (Wildman–Crippen MR) is 67.4 cm³/mol. The molecule has 0 fully saturated rings. The zero-order valence-corrected chi connectivity index (χ0v) is 10.5. The monoisotopic (exact) mass is 223 g/mol. The highest BCUT2D eigenvalue weighted by Gasteiger charge is 2.15. The highest BCUT2D eigenvalue weighted by Crippen LogP contribution is 2.24. The molecule has 0 aliphatic rings. The summed E-state index contributed by atoms with van der Waals surface area (Å²) < 4.78 is 0. The van der Waals surface area contributed by atoms with Crippen LogP contribution in [-0.4, -0.2) is 23.1 Å². The molecule has 0 radical (unpaired) electrons. The van der Waals surface area contributed by atoms with Gasteiger partial charge < -0.3 is 10.3 Å². The van der Waals surface area contributed by atoms with Gasteiger partial charge in [-0.1, -0.05) is 13.3 Å². The maximum Gasteiger partial charge on any atom is 0.148 e. The summed E-state index contributed by atoms with van der Waals surface area (Å²) in [5, 5.41) is 0. The van der Waals surface area contributed by atoms with Gasteiger partial charge in [0.05, 0.1) is 0 Å². The minimum Gasteiger partial charge on any atom is -0.357 e. The van der Waals surface area contributed by atoms with Crippen molar-refractivity contribution in [2.24, 2.45) is 5.84 Å². The summed E-state index contributed by atoms with van der Waals surface area (Å²) in [5.74, 6) is 7.15. The number of nitrogen functional groups attached to an aromatic ring is 1. The number of aromatic nitrogens is 2. The van der Waals surface area contributed by atoms with Crippen LogP contribution in [0, 0.1) is 0 Å². The van der Waals surface area contributed by atoms with Crippen LogP contribution in [0.15, 0.2) is 6.33 Å². The molecule has 0 atom stereocenters. The first-order valence-corrected chi connectivity index (χ1v) is 5.65. The van der Waals surface area contributed by atoms with Crippen LogP contribution in [0.1, 0.15) is 32.8 Å². The molecule has 1 heterocycles. The van der Waals surface area contributed by atoms with Crippen molar-refractivity contribution in [3.63, 3.8) is 0 Å². The molecule has 0 spiro atoms. The van der Waals surface area contributed by atoms with Crippen molar-refractivity contribution in [2.75, 3.05) is 17.4 Å². The fraction of sp³-hybridized carbons (Fsp3) is 0.636. The van der Waals surface area contributed by atoms with E-state index in [9.17, 15) is 0 Å². The molecule has 0 aliphatic heterocycles. The molecule has 3 N–H and O–H groups in total. The van der Waals surface area contributed by atoms with Crippen molar-refractivity contribution in [2.45, 2.75) is 39.7 Å². The van der Waals surface area contributed by atoms with Gasteiger partial charge in [0, 0.05) is 18.7 Å². The fourth-order valence-corrected chi connectivity index (χ4v) is 1.56. The molecule has 0 saturated heterocycles. The van der Waals surface area contributed by atoms with Crippen molar-refractivity contribution in [3.8, 4) is 0 Å². The number of hydrazine groups is 1. The third-order valence-electron chi connectivity index (χ3n) is 2.67. The molecule has 1 rings (SSSR count). The van der Waals surface area contributed by atoms with E-state index in [1.165, 1.54) is 0 Å². The van der Waals surface area contributed by atoms with Gasteiger partial charge in [-0.2, -0.15) is 0 Å². The van der Waals surface area contributed by atoms with E-state index in [2.05, 4.69) is 41.1 Å². The number of hydrogen-bond donors (Lipinski definition) is 2. The minimum absolute atomic E-state index is 0.399. The summed E-state index contributed by atoms with van der Waals surface area (Å²) in [7, 11) is 2.03. The van der Waals surface area contributed by atoms with Gasteiger partial charge >= 0.3 is 0 Å². The molecular weight excluding hydrogens is 202 g/mol. The second kappa shape index (κ2) is 5.65. The Hall–Kier alpha value is -1.36. The van der Waals surface area contributed by atoms with Gasteiger partial charge in [-0.15, -0.1) is 0 Å². The van der Waals surface area contributed by atoms with Crippen LogP contribution in [0.2, 0.25) is 0 Å². The number of rotatable bonds is 5. The van der Waals surface area contributed by atoms with Gasteiger partial charge in [-0.25, -0.2) is 15.8 Å². The second-order valence-electron chi connectivity index (χ2n) is 4.12. The average molecular weight is 223 g/mol. The van der Waals surface area contributed by atoms with Gasteiger partial charge in [0.1, 0.15) is 18.0 Å². The minimum atomic E-state index is 0.399. The third kappa shape index (κ3) is 2.61. The van der Waals surface area contributed by atoms with E-state index in [0.717, 1.165) is 30.0 Å². The Labute approximate surface area is 97.0 Å². The van der Waals surface area contributed by atoms with E-state index in [4.69, 9.17) is 5.84 Å². The van der Waals surface area contributed by atoms with Gasteiger partial charge in [0.25, 0.3) is 0 Å². The van der Waals surface area contributed by atoms with Crippen molar-refractivity contribution >= 4 is 11.6 Å². The Morgan fingerprint density at radius 1 is 1.44 bits per heavy atom. The maximum atomic E-state index is 5.47. The first-order chi connectivity index (χ1) is 7.61. The van der Waals surface area contributed by atoms with Crippen LogP contribution in [0.3, 0.4) is 0 Å². The smallest absolute Gasteiger partial charge is 0.148 e. The quantitative estimate of drug-likeness (QED) is 0.585. The molecule has 1 aromatic rings. The Kier molecular flexibility index (Phi) is 4.49. The lowest BCUT2D eigenvalue weighted by atomic mass is 10.1. The molecule has 0 unspecified atom stereocenters. The normalized spacial score (nSPS) is 10.6. The van der Waals surface area contributed by atoms with Crippen LogP contribution < -0.4 is 16.2 Å². The van der Waals surface area contributed by atoms with E-state index in [-0.39, 0.29) is 0 Å². The lowest BCUT2D eigenvalue weighted by molar-refractivity contribution is 0.731. The topological polar surface area (TPSA) is 67.1 Å². The molecule has 0 saturated carbocycles. The van der Waals surface area contributed by atoms with Gasteiger partial charge in [0.15, 0.2) is 0 Å². The molecule has 5 heteroatoms. The summed E-state index contributed by atoms with van der Waals surface area (Å²) in [4.78, 5) is 10.6. The highest BCUT2D eigenvalue weighted by molar-refractivity contribution is 5.58. The molecule has 0 amide bonds. The number of hydrogen-bond acceptors (Lipinski definition) is 5. The number of anilines is 2. The van der Waals surface area contributed by atoms with Crippen molar-refractivity contribution < 1.29 is 0 Å². The number of nitrogens with one attached hydrogen (secondary N) is 1. The Balaban J connectivity index is 3.15. The van der Waals surface area contributed by atoms with Crippen LogP contribution in [0.5, 0.6) is 0 Å². The van der Waals surface area contributed by atoms with Crippen LogP contribution in [0.25, 0.3) is 0 Å². The molecule has 16 heavy (non-hydrogen) atoms. The second-order valence-corrected chi connectivity index (χ2v) is 4.12. The van der Waals surface area contributed by atoms with E-state index in [1.807, 2.05) is 7.05 Å². The van der Waals surface area contributed by atoms with Crippen LogP contribution in [-0.2, 0) is 6.42 Å². The summed E-state index contributed by atoms with van der Waals surface area (Å²) >= 11 is 0. The summed E-state index contributed by atoms with van der Waals surface area (Å²) in [6.45, 7) is 6.40. The first-order valence-electron chi connectivity index (χ1n) is 5.65. The zero-order chi connectivity index (χ0) is 12.1. The van der Waals surface area contributed by atoms with Crippen LogP contribution in [0.4, 0.5) is 11.6 Å². The first kappa shape index (κ1) is 12.7. The molecular formula is C11H21N5. The summed E-state index contributed by atoms with van der Waals surface area (Å²) in [5.41, 5.74) is 3.72. The Morgan fingerprint density at radius 3 is 2.62 bits per heavy atom. The standard InChI is InChI=1S/C11H21N5/c1-5-6-9-10(15-12)13-7-14-11(9)16(4)8(2)3/h7-8H,5-6,12H2,1-4H3,(H,13,14,15). The largest absolute Gasteiger partial charge is 0.357 e. The van der Waals surface area contributed by atoms with Crippen molar-refractivity contribution in [1.29, 1.82) is 0 Å². The molecule has 90 valence electrons. The summed E-state index contributed by atoms with van der Waals surface area (Å²) in [6.07, 6.45) is 3.51. The molecule has 5 nitrogen and oxygen atoms in total. The fourth-order valence-electron chi connectivity index (χ4n) is 1.56. The third-order valence-corrected chi connectivity index (χ3v) is 2.67. The maximum absolute atomic E-state index is 5.47. The Morgan fingerprint density at radius 2 is 2.12 bits per heavy atom. The lowest BCUT2D eigenvalue weighted by Crippen LogP contribution is -2.28. The van der Waals surface area contributed by atoms with Gasteiger partial charge in [-0.3, -0.25) is 0 Å². The van der Waals surface area contributed by atoms with Crippen LogP contribution >= 0.6 is 0 Å². The zero-order valence-electron chi connectivity index (χ0n) is 10.5. The number of nitrogens with zero attached hydrogens (tertiary/aromatic N) is 3.